The fraction of sp³-hybridized carbons (Fsp3) is 0.316. The van der Waals surface area contributed by atoms with E-state index >= 15 is 0 Å². The van der Waals surface area contributed by atoms with Gasteiger partial charge in [-0.15, -0.1) is 0 Å². The van der Waals surface area contributed by atoms with Crippen molar-refractivity contribution in [3.63, 3.8) is 0 Å². The van der Waals surface area contributed by atoms with Crippen molar-refractivity contribution in [2.75, 3.05) is 28.2 Å². The third-order valence-electron chi connectivity index (χ3n) is 4.88. The van der Waals surface area contributed by atoms with E-state index in [1.54, 1.807) is 0 Å². The van der Waals surface area contributed by atoms with Crippen LogP contribution in [0.1, 0.15) is 18.4 Å². The minimum absolute atomic E-state index is 0.0432. The van der Waals surface area contributed by atoms with Gasteiger partial charge in [-0.2, -0.15) is 0 Å². The van der Waals surface area contributed by atoms with Gasteiger partial charge in [-0.05, 0) is 43.5 Å². The fourth-order valence-electron chi connectivity index (χ4n) is 3.68. The first kappa shape index (κ1) is 14.1. The van der Waals surface area contributed by atoms with Gasteiger partial charge in [0.05, 0.1) is 11.4 Å². The molecule has 0 aliphatic carbocycles. The molecule has 2 amide bonds. The molecule has 1 N–H and O–H groups in total. The van der Waals surface area contributed by atoms with Gasteiger partial charge in [0.2, 0.25) is 0 Å². The molecule has 0 saturated carbocycles. The molecule has 0 aromatic heterocycles. The second kappa shape index (κ2) is 5.61. The normalized spacial score (nSPS) is 19.3. The number of para-hydroxylation sites is 3. The zero-order valence-electron chi connectivity index (χ0n) is 13.3. The van der Waals surface area contributed by atoms with Crippen LogP contribution in [0.2, 0.25) is 0 Å². The number of aryl methyl sites for hydroxylation is 1. The van der Waals surface area contributed by atoms with E-state index in [1.807, 2.05) is 48.2 Å². The Morgan fingerprint density at radius 2 is 1.83 bits per heavy atom. The maximum Gasteiger partial charge on any atom is 0.326 e. The van der Waals surface area contributed by atoms with Gasteiger partial charge < -0.3 is 10.2 Å². The second-order valence-corrected chi connectivity index (χ2v) is 6.33. The average Bonchev–Trinajstić information content (AvgIpc) is 3.05. The SMILES string of the molecule is Cc1ccccc1NC(=O)N1C[C@@H]2CCCN2c2ccccc21. The maximum absolute atomic E-state index is 12.9. The molecule has 23 heavy (non-hydrogen) atoms. The molecule has 0 radical (unpaired) electrons. The Hall–Kier alpha value is -2.49. The molecule has 2 heterocycles. The van der Waals surface area contributed by atoms with Crippen LogP contribution in [0.3, 0.4) is 0 Å². The van der Waals surface area contributed by atoms with E-state index in [1.165, 1.54) is 12.1 Å². The molecule has 4 nitrogen and oxygen atoms in total. The molecule has 0 bridgehead atoms. The predicted octanol–water partition coefficient (Wildman–Crippen LogP) is 4.02. The number of hydrogen-bond acceptors (Lipinski definition) is 2. The Bertz CT molecular complexity index is 743. The molecule has 2 aromatic carbocycles. The first-order valence-electron chi connectivity index (χ1n) is 8.24. The smallest absolute Gasteiger partial charge is 0.326 e. The lowest BCUT2D eigenvalue weighted by Gasteiger charge is -2.40. The van der Waals surface area contributed by atoms with E-state index in [9.17, 15) is 4.79 Å². The van der Waals surface area contributed by atoms with Gasteiger partial charge in [0.1, 0.15) is 0 Å². The highest BCUT2D eigenvalue weighted by atomic mass is 16.2. The molecule has 118 valence electrons. The van der Waals surface area contributed by atoms with Gasteiger partial charge in [-0.3, -0.25) is 4.90 Å². The van der Waals surface area contributed by atoms with Crippen LogP contribution in [0, 0.1) is 6.92 Å². The van der Waals surface area contributed by atoms with Gasteiger partial charge in [0.15, 0.2) is 0 Å². The highest BCUT2D eigenvalue weighted by Gasteiger charge is 2.36. The van der Waals surface area contributed by atoms with E-state index in [0.717, 1.165) is 36.4 Å². The molecule has 0 spiro atoms. The molecule has 1 fully saturated rings. The van der Waals surface area contributed by atoms with Crippen molar-refractivity contribution in [2.24, 2.45) is 0 Å². The van der Waals surface area contributed by atoms with Crippen LogP contribution in [0.15, 0.2) is 48.5 Å². The fourth-order valence-corrected chi connectivity index (χ4v) is 3.68. The van der Waals surface area contributed by atoms with Crippen LogP contribution in [0.5, 0.6) is 0 Å². The van der Waals surface area contributed by atoms with Crippen LogP contribution in [-0.4, -0.2) is 25.2 Å². The summed E-state index contributed by atoms with van der Waals surface area (Å²) in [5.74, 6) is 0. The Labute approximate surface area is 136 Å². The number of rotatable bonds is 1. The number of carbonyl (C=O) groups excluding carboxylic acids is 1. The van der Waals surface area contributed by atoms with Crippen molar-refractivity contribution in [3.8, 4) is 0 Å². The van der Waals surface area contributed by atoms with Crippen molar-refractivity contribution >= 4 is 23.1 Å². The summed E-state index contributed by atoms with van der Waals surface area (Å²) in [4.78, 5) is 17.2. The monoisotopic (exact) mass is 307 g/mol. The Balaban J connectivity index is 1.65. The van der Waals surface area contributed by atoms with E-state index in [0.29, 0.717) is 6.04 Å². The quantitative estimate of drug-likeness (QED) is 0.864. The zero-order chi connectivity index (χ0) is 15.8. The standard InChI is InChI=1S/C19H21N3O/c1-14-7-2-3-9-16(14)20-19(23)22-13-15-8-6-12-21(15)17-10-4-5-11-18(17)22/h2-5,7,9-11,15H,6,8,12-13H2,1H3,(H,20,23)/t15-/m0/s1. The number of amides is 2. The van der Waals surface area contributed by atoms with Gasteiger partial charge >= 0.3 is 6.03 Å². The highest BCUT2D eigenvalue weighted by Crippen LogP contribution is 2.39. The Kier molecular flexibility index (Phi) is 3.45. The average molecular weight is 307 g/mol. The molecule has 1 saturated heterocycles. The van der Waals surface area contributed by atoms with E-state index in [2.05, 4.69) is 22.3 Å². The van der Waals surface area contributed by atoms with Crippen LogP contribution in [-0.2, 0) is 0 Å². The summed E-state index contributed by atoms with van der Waals surface area (Å²) in [5, 5.41) is 3.07. The van der Waals surface area contributed by atoms with Gasteiger partial charge in [-0.25, -0.2) is 4.79 Å². The first-order valence-corrected chi connectivity index (χ1v) is 8.24. The summed E-state index contributed by atoms with van der Waals surface area (Å²) in [5.41, 5.74) is 4.15. The van der Waals surface area contributed by atoms with Crippen LogP contribution in [0.25, 0.3) is 0 Å². The molecular formula is C19H21N3O. The summed E-state index contributed by atoms with van der Waals surface area (Å²) >= 11 is 0. The maximum atomic E-state index is 12.9. The largest absolute Gasteiger partial charge is 0.365 e. The highest BCUT2D eigenvalue weighted by molar-refractivity contribution is 6.05. The third kappa shape index (κ3) is 2.44. The van der Waals surface area contributed by atoms with Gasteiger partial charge in [-0.1, -0.05) is 30.3 Å². The molecule has 4 heteroatoms. The summed E-state index contributed by atoms with van der Waals surface area (Å²) in [6, 6.07) is 16.5. The van der Waals surface area contributed by atoms with E-state index in [4.69, 9.17) is 0 Å². The van der Waals surface area contributed by atoms with Crippen LogP contribution in [0.4, 0.5) is 21.9 Å². The number of nitrogens with zero attached hydrogens (tertiary/aromatic N) is 2. The molecule has 2 aliphatic heterocycles. The number of fused-ring (bicyclic) bond motifs is 3. The Morgan fingerprint density at radius 1 is 1.09 bits per heavy atom. The summed E-state index contributed by atoms with van der Waals surface area (Å²) in [6.07, 6.45) is 2.36. The number of nitrogens with one attached hydrogen (secondary N) is 1. The summed E-state index contributed by atoms with van der Waals surface area (Å²) < 4.78 is 0. The van der Waals surface area contributed by atoms with E-state index in [-0.39, 0.29) is 6.03 Å². The molecular weight excluding hydrogens is 286 g/mol. The minimum atomic E-state index is -0.0432. The number of carbonyl (C=O) groups is 1. The second-order valence-electron chi connectivity index (χ2n) is 6.33. The van der Waals surface area contributed by atoms with Crippen LogP contribution < -0.4 is 15.1 Å². The van der Waals surface area contributed by atoms with Crippen LogP contribution >= 0.6 is 0 Å². The van der Waals surface area contributed by atoms with Crippen molar-refractivity contribution in [3.05, 3.63) is 54.1 Å². The van der Waals surface area contributed by atoms with Gasteiger partial charge in [0.25, 0.3) is 0 Å². The lowest BCUT2D eigenvalue weighted by atomic mass is 10.1. The lowest BCUT2D eigenvalue weighted by molar-refractivity contribution is 0.256. The molecule has 2 aliphatic rings. The van der Waals surface area contributed by atoms with Gasteiger partial charge in [0, 0.05) is 24.8 Å². The number of hydrogen-bond donors (Lipinski definition) is 1. The minimum Gasteiger partial charge on any atom is -0.365 e. The Morgan fingerprint density at radius 3 is 2.65 bits per heavy atom. The number of benzene rings is 2. The molecule has 0 unspecified atom stereocenters. The topological polar surface area (TPSA) is 35.6 Å². The molecule has 2 aromatic rings. The van der Waals surface area contributed by atoms with Crippen molar-refractivity contribution < 1.29 is 4.79 Å². The third-order valence-corrected chi connectivity index (χ3v) is 4.88. The van der Waals surface area contributed by atoms with Crippen molar-refractivity contribution in [1.29, 1.82) is 0 Å². The molecule has 1 atom stereocenters. The number of urea groups is 1. The summed E-state index contributed by atoms with van der Waals surface area (Å²) in [7, 11) is 0. The predicted molar refractivity (Wildman–Crippen MR) is 94.4 cm³/mol. The first-order chi connectivity index (χ1) is 11.2. The van der Waals surface area contributed by atoms with Crippen molar-refractivity contribution in [1.82, 2.24) is 0 Å². The lowest BCUT2D eigenvalue weighted by Crippen LogP contribution is -2.49. The number of anilines is 3. The van der Waals surface area contributed by atoms with Crippen molar-refractivity contribution in [2.45, 2.75) is 25.8 Å². The van der Waals surface area contributed by atoms with E-state index < -0.39 is 0 Å². The zero-order valence-corrected chi connectivity index (χ0v) is 13.3. The molecule has 4 rings (SSSR count). The summed E-state index contributed by atoms with van der Waals surface area (Å²) in [6.45, 7) is 3.86.